The molecule has 1 aliphatic rings. The van der Waals surface area contributed by atoms with Crippen molar-refractivity contribution in [1.82, 2.24) is 9.97 Å². The molecule has 0 bridgehead atoms. The molecule has 6 nitrogen and oxygen atoms in total. The van der Waals surface area contributed by atoms with Gasteiger partial charge in [0, 0.05) is 5.56 Å². The van der Waals surface area contributed by atoms with Crippen LogP contribution in [0.2, 0.25) is 0 Å². The predicted molar refractivity (Wildman–Crippen MR) is 92.6 cm³/mol. The Hall–Kier alpha value is -2.74. The van der Waals surface area contributed by atoms with E-state index in [1.807, 2.05) is 64.1 Å². The second-order valence-electron chi connectivity index (χ2n) is 6.89. The molecule has 25 heavy (non-hydrogen) atoms. The molecule has 0 aliphatic carbocycles. The van der Waals surface area contributed by atoms with Crippen LogP contribution in [0, 0.1) is 22.7 Å². The number of nitrogens with zero attached hydrogens (tertiary/aromatic N) is 4. The van der Waals surface area contributed by atoms with Crippen molar-refractivity contribution in [3.63, 3.8) is 0 Å². The third-order valence-corrected chi connectivity index (χ3v) is 4.72. The van der Waals surface area contributed by atoms with Crippen molar-refractivity contribution in [2.45, 2.75) is 38.9 Å². The zero-order valence-corrected chi connectivity index (χ0v) is 14.6. The van der Waals surface area contributed by atoms with E-state index in [4.69, 9.17) is 19.8 Å². The summed E-state index contributed by atoms with van der Waals surface area (Å²) in [5.41, 5.74) is 1.51. The molecular formula is C18H17BN4O2. The minimum absolute atomic E-state index is 0.0232. The molecule has 0 N–H and O–H groups in total. The van der Waals surface area contributed by atoms with Crippen molar-refractivity contribution in [2.75, 3.05) is 0 Å². The Labute approximate surface area is 147 Å². The maximum Gasteiger partial charge on any atom is 0.494 e. The average Bonchev–Trinajstić information content (AvgIpc) is 2.82. The van der Waals surface area contributed by atoms with Crippen LogP contribution in [0.25, 0.3) is 11.3 Å². The third-order valence-electron chi connectivity index (χ3n) is 4.72. The van der Waals surface area contributed by atoms with E-state index in [1.165, 1.54) is 6.20 Å². The molecule has 2 heterocycles. The molecule has 0 radical (unpaired) electrons. The highest BCUT2D eigenvalue weighted by Gasteiger charge is 2.51. The SMILES string of the molecule is CC1(C)OB(c2ccc(-c3cnc(C#N)c(C#N)n3)cc2)OC1(C)C. The monoisotopic (exact) mass is 332 g/mol. The van der Waals surface area contributed by atoms with Gasteiger partial charge in [-0.25, -0.2) is 9.97 Å². The van der Waals surface area contributed by atoms with E-state index in [9.17, 15) is 0 Å². The van der Waals surface area contributed by atoms with Gasteiger partial charge < -0.3 is 9.31 Å². The van der Waals surface area contributed by atoms with Crippen LogP contribution in [0.3, 0.4) is 0 Å². The third kappa shape index (κ3) is 3.00. The Kier molecular flexibility index (Phi) is 4.08. The van der Waals surface area contributed by atoms with Crippen molar-refractivity contribution in [3.05, 3.63) is 41.9 Å². The lowest BCUT2D eigenvalue weighted by Crippen LogP contribution is -2.41. The van der Waals surface area contributed by atoms with Crippen LogP contribution in [-0.2, 0) is 9.31 Å². The van der Waals surface area contributed by atoms with E-state index >= 15 is 0 Å². The predicted octanol–water partition coefficient (Wildman–Crippen LogP) is 2.19. The summed E-state index contributed by atoms with van der Waals surface area (Å²) in [5.74, 6) is 0. The zero-order chi connectivity index (χ0) is 18.2. The highest BCUT2D eigenvalue weighted by molar-refractivity contribution is 6.62. The van der Waals surface area contributed by atoms with Crippen LogP contribution < -0.4 is 5.46 Å². The van der Waals surface area contributed by atoms with Gasteiger partial charge in [0.25, 0.3) is 0 Å². The molecule has 1 aromatic heterocycles. The second kappa shape index (κ2) is 5.96. The summed E-state index contributed by atoms with van der Waals surface area (Å²) in [6.07, 6.45) is 1.49. The smallest absolute Gasteiger partial charge is 0.399 e. The van der Waals surface area contributed by atoms with Gasteiger partial charge in [-0.15, -0.1) is 0 Å². The van der Waals surface area contributed by atoms with E-state index in [2.05, 4.69) is 9.97 Å². The van der Waals surface area contributed by atoms with Gasteiger partial charge in [0.05, 0.1) is 23.1 Å². The Bertz CT molecular complexity index is 879. The standard InChI is InChI=1S/C18H17BN4O2/c1-17(2)18(3,4)25-19(24-17)13-7-5-12(6-8-13)16-11-22-14(9-20)15(10-21)23-16/h5-8,11H,1-4H3. The fraction of sp³-hybridized carbons (Fsp3) is 0.333. The highest BCUT2D eigenvalue weighted by atomic mass is 16.7. The topological polar surface area (TPSA) is 91.8 Å². The molecule has 0 saturated carbocycles. The van der Waals surface area contributed by atoms with Crippen molar-refractivity contribution < 1.29 is 9.31 Å². The van der Waals surface area contributed by atoms with Crippen molar-refractivity contribution in [3.8, 4) is 23.4 Å². The van der Waals surface area contributed by atoms with Gasteiger partial charge in [0.15, 0.2) is 11.4 Å². The average molecular weight is 332 g/mol. The summed E-state index contributed by atoms with van der Waals surface area (Å²) in [7, 11) is -0.430. The molecule has 124 valence electrons. The summed E-state index contributed by atoms with van der Waals surface area (Å²) >= 11 is 0. The zero-order valence-electron chi connectivity index (χ0n) is 14.6. The quantitative estimate of drug-likeness (QED) is 0.783. The Morgan fingerprint density at radius 2 is 1.48 bits per heavy atom. The largest absolute Gasteiger partial charge is 0.494 e. The van der Waals surface area contributed by atoms with Crippen molar-refractivity contribution in [1.29, 1.82) is 10.5 Å². The molecule has 0 unspecified atom stereocenters. The summed E-state index contributed by atoms with van der Waals surface area (Å²) < 4.78 is 12.1. The Morgan fingerprint density at radius 3 is 2.00 bits per heavy atom. The van der Waals surface area contributed by atoms with E-state index in [0.717, 1.165) is 11.0 Å². The number of rotatable bonds is 2. The number of hydrogen-bond acceptors (Lipinski definition) is 6. The van der Waals surface area contributed by atoms with Crippen LogP contribution in [0.1, 0.15) is 39.1 Å². The summed E-state index contributed by atoms with van der Waals surface area (Å²) in [6.45, 7) is 8.04. The first kappa shape index (κ1) is 17.1. The summed E-state index contributed by atoms with van der Waals surface area (Å²) in [5, 5.41) is 18.0. The molecule has 1 fully saturated rings. The fourth-order valence-corrected chi connectivity index (χ4v) is 2.48. The van der Waals surface area contributed by atoms with Crippen molar-refractivity contribution in [2.24, 2.45) is 0 Å². The first-order valence-electron chi connectivity index (χ1n) is 7.90. The van der Waals surface area contributed by atoms with Crippen LogP contribution in [0.5, 0.6) is 0 Å². The maximum atomic E-state index is 9.07. The molecule has 0 spiro atoms. The minimum Gasteiger partial charge on any atom is -0.399 e. The van der Waals surface area contributed by atoms with Gasteiger partial charge >= 0.3 is 7.12 Å². The first-order valence-corrected chi connectivity index (χ1v) is 7.90. The molecule has 1 aliphatic heterocycles. The summed E-state index contributed by atoms with van der Waals surface area (Å²) in [6, 6.07) is 11.3. The lowest BCUT2D eigenvalue weighted by atomic mass is 9.79. The number of aromatic nitrogens is 2. The Morgan fingerprint density at radius 1 is 0.920 bits per heavy atom. The normalized spacial score (nSPS) is 17.8. The molecule has 2 aromatic rings. The van der Waals surface area contributed by atoms with Gasteiger partial charge in [-0.05, 0) is 33.2 Å². The molecule has 7 heteroatoms. The molecule has 0 amide bonds. The van der Waals surface area contributed by atoms with Crippen LogP contribution in [0.4, 0.5) is 0 Å². The van der Waals surface area contributed by atoms with E-state index < -0.39 is 18.3 Å². The van der Waals surface area contributed by atoms with Crippen LogP contribution in [-0.4, -0.2) is 28.3 Å². The lowest BCUT2D eigenvalue weighted by Gasteiger charge is -2.32. The van der Waals surface area contributed by atoms with Gasteiger partial charge in [-0.1, -0.05) is 24.3 Å². The number of hydrogen-bond donors (Lipinski definition) is 0. The lowest BCUT2D eigenvalue weighted by molar-refractivity contribution is 0.00578. The second-order valence-corrected chi connectivity index (χ2v) is 6.89. The van der Waals surface area contributed by atoms with E-state index in [1.54, 1.807) is 0 Å². The van der Waals surface area contributed by atoms with Crippen molar-refractivity contribution >= 4 is 12.6 Å². The van der Waals surface area contributed by atoms with Gasteiger partial charge in [-0.2, -0.15) is 10.5 Å². The number of benzene rings is 1. The van der Waals surface area contributed by atoms with Gasteiger partial charge in [0.1, 0.15) is 12.1 Å². The molecule has 0 atom stereocenters. The van der Waals surface area contributed by atoms with Crippen LogP contribution in [0.15, 0.2) is 30.5 Å². The highest BCUT2D eigenvalue weighted by Crippen LogP contribution is 2.36. The minimum atomic E-state index is -0.430. The first-order chi connectivity index (χ1) is 11.8. The number of nitriles is 2. The summed E-state index contributed by atoms with van der Waals surface area (Å²) in [4.78, 5) is 8.18. The van der Waals surface area contributed by atoms with Crippen LogP contribution >= 0.6 is 0 Å². The fourth-order valence-electron chi connectivity index (χ4n) is 2.48. The van der Waals surface area contributed by atoms with E-state index in [-0.39, 0.29) is 11.4 Å². The van der Waals surface area contributed by atoms with E-state index in [0.29, 0.717) is 5.69 Å². The molecule has 1 aromatic carbocycles. The Balaban J connectivity index is 1.87. The molecule has 1 saturated heterocycles. The molecular weight excluding hydrogens is 315 g/mol. The van der Waals surface area contributed by atoms with Gasteiger partial charge in [-0.3, -0.25) is 0 Å². The maximum absolute atomic E-state index is 9.07. The van der Waals surface area contributed by atoms with Gasteiger partial charge in [0.2, 0.25) is 0 Å². The molecule has 3 rings (SSSR count).